The second kappa shape index (κ2) is 5.34. The Balaban J connectivity index is 1.71. The molecule has 0 heterocycles. The van der Waals surface area contributed by atoms with Gasteiger partial charge in [0.2, 0.25) is 11.8 Å². The Morgan fingerprint density at radius 2 is 1.82 bits per heavy atom. The van der Waals surface area contributed by atoms with Gasteiger partial charge in [0.05, 0.1) is 11.8 Å². The molecule has 2 N–H and O–H groups in total. The van der Waals surface area contributed by atoms with Crippen LogP contribution in [0, 0.1) is 11.8 Å². The summed E-state index contributed by atoms with van der Waals surface area (Å²) in [6.45, 7) is 4.02. The van der Waals surface area contributed by atoms with Gasteiger partial charge in [0, 0.05) is 12.6 Å². The van der Waals surface area contributed by atoms with Crippen LogP contribution in [-0.4, -0.2) is 24.4 Å². The molecule has 0 saturated heterocycles. The van der Waals surface area contributed by atoms with Crippen molar-refractivity contribution in [3.63, 3.8) is 0 Å². The molecule has 0 spiro atoms. The van der Waals surface area contributed by atoms with E-state index < -0.39 is 0 Å². The van der Waals surface area contributed by atoms with Crippen LogP contribution < -0.4 is 10.6 Å². The van der Waals surface area contributed by atoms with Gasteiger partial charge in [-0.15, -0.1) is 6.58 Å². The van der Waals surface area contributed by atoms with E-state index in [0.29, 0.717) is 19.0 Å². The first-order chi connectivity index (χ1) is 8.22. The molecule has 17 heavy (non-hydrogen) atoms. The summed E-state index contributed by atoms with van der Waals surface area (Å²) in [6.07, 6.45) is 6.94. The molecule has 2 aliphatic carbocycles. The topological polar surface area (TPSA) is 58.2 Å². The maximum Gasteiger partial charge on any atom is 0.224 e. The Kier molecular flexibility index (Phi) is 3.82. The fraction of sp³-hybridized carbons (Fsp3) is 0.692. The molecule has 2 atom stereocenters. The van der Waals surface area contributed by atoms with Gasteiger partial charge >= 0.3 is 0 Å². The zero-order valence-electron chi connectivity index (χ0n) is 10.1. The van der Waals surface area contributed by atoms with Crippen molar-refractivity contribution in [2.45, 2.75) is 38.1 Å². The Morgan fingerprint density at radius 1 is 1.18 bits per heavy atom. The lowest BCUT2D eigenvalue weighted by molar-refractivity contribution is -0.127. The average molecular weight is 236 g/mol. The van der Waals surface area contributed by atoms with Crippen LogP contribution in [0.1, 0.15) is 32.1 Å². The second-order valence-corrected chi connectivity index (χ2v) is 4.97. The third kappa shape index (κ3) is 3.08. The zero-order valence-corrected chi connectivity index (χ0v) is 10.1. The number of carbonyl (C=O) groups is 2. The van der Waals surface area contributed by atoms with Crippen LogP contribution in [0.15, 0.2) is 12.7 Å². The summed E-state index contributed by atoms with van der Waals surface area (Å²) in [6, 6.07) is 0.347. The third-order valence-corrected chi connectivity index (χ3v) is 3.59. The Bertz CT molecular complexity index is 321. The van der Waals surface area contributed by atoms with Gasteiger partial charge in [0.1, 0.15) is 0 Å². The molecule has 2 unspecified atom stereocenters. The number of amides is 2. The molecule has 0 aliphatic heterocycles. The highest BCUT2D eigenvalue weighted by Crippen LogP contribution is 2.39. The number of rotatable bonds is 5. The van der Waals surface area contributed by atoms with Crippen molar-refractivity contribution in [2.75, 3.05) is 6.54 Å². The average Bonchev–Trinajstić information content (AvgIpc) is 2.98. The fourth-order valence-electron chi connectivity index (χ4n) is 2.46. The molecule has 4 nitrogen and oxygen atoms in total. The molecular weight excluding hydrogens is 216 g/mol. The van der Waals surface area contributed by atoms with Crippen LogP contribution in [-0.2, 0) is 9.59 Å². The second-order valence-electron chi connectivity index (χ2n) is 4.97. The zero-order chi connectivity index (χ0) is 12.3. The van der Waals surface area contributed by atoms with Gasteiger partial charge in [-0.1, -0.05) is 18.9 Å². The number of hydrogen-bond donors (Lipinski definition) is 2. The summed E-state index contributed by atoms with van der Waals surface area (Å²) < 4.78 is 0. The number of hydrogen-bond acceptors (Lipinski definition) is 2. The molecule has 0 aromatic carbocycles. The van der Waals surface area contributed by atoms with Crippen LogP contribution in [0.5, 0.6) is 0 Å². The summed E-state index contributed by atoms with van der Waals surface area (Å²) >= 11 is 0. The van der Waals surface area contributed by atoms with Crippen LogP contribution in [0.25, 0.3) is 0 Å². The highest BCUT2D eigenvalue weighted by Gasteiger charge is 2.48. The smallest absolute Gasteiger partial charge is 0.224 e. The molecule has 2 rings (SSSR count). The van der Waals surface area contributed by atoms with Gasteiger partial charge < -0.3 is 10.6 Å². The van der Waals surface area contributed by atoms with Crippen molar-refractivity contribution >= 4 is 11.8 Å². The highest BCUT2D eigenvalue weighted by molar-refractivity contribution is 5.92. The maximum absolute atomic E-state index is 11.8. The minimum Gasteiger partial charge on any atom is -0.353 e. The number of carbonyl (C=O) groups excluding carboxylic acids is 2. The molecule has 4 heteroatoms. The molecule has 0 bridgehead atoms. The summed E-state index contributed by atoms with van der Waals surface area (Å²) in [5.74, 6) is -0.163. The fourth-order valence-corrected chi connectivity index (χ4v) is 2.46. The molecule has 0 aromatic heterocycles. The van der Waals surface area contributed by atoms with Gasteiger partial charge in [-0.3, -0.25) is 9.59 Å². The standard InChI is InChI=1S/C13H20N2O2/c1-2-7-14-12(16)10-8-11(10)13(17)15-9-5-3-4-6-9/h2,9-11H,1,3-8H2,(H,14,16)(H,15,17). The largest absolute Gasteiger partial charge is 0.353 e. The monoisotopic (exact) mass is 236 g/mol. The number of nitrogens with one attached hydrogen (secondary N) is 2. The van der Waals surface area contributed by atoms with Crippen LogP contribution >= 0.6 is 0 Å². The lowest BCUT2D eigenvalue weighted by Gasteiger charge is -2.11. The van der Waals surface area contributed by atoms with E-state index in [0.717, 1.165) is 12.8 Å². The molecule has 2 aliphatic rings. The van der Waals surface area contributed by atoms with E-state index in [4.69, 9.17) is 0 Å². The van der Waals surface area contributed by atoms with E-state index in [9.17, 15) is 9.59 Å². The molecule has 2 saturated carbocycles. The predicted molar refractivity (Wildman–Crippen MR) is 65.2 cm³/mol. The summed E-state index contributed by atoms with van der Waals surface area (Å²) in [5, 5.41) is 5.78. The Hall–Kier alpha value is -1.32. The molecule has 0 radical (unpaired) electrons. The van der Waals surface area contributed by atoms with Crippen molar-refractivity contribution in [1.29, 1.82) is 0 Å². The molecule has 2 fully saturated rings. The van der Waals surface area contributed by atoms with E-state index in [-0.39, 0.29) is 23.7 Å². The molecule has 94 valence electrons. The third-order valence-electron chi connectivity index (χ3n) is 3.59. The van der Waals surface area contributed by atoms with Crippen molar-refractivity contribution in [1.82, 2.24) is 10.6 Å². The van der Waals surface area contributed by atoms with Gasteiger partial charge in [-0.05, 0) is 19.3 Å². The predicted octanol–water partition coefficient (Wildman–Crippen LogP) is 0.983. The first-order valence-electron chi connectivity index (χ1n) is 6.41. The SMILES string of the molecule is C=CCNC(=O)C1CC1C(=O)NC1CCCC1. The van der Waals surface area contributed by atoms with Crippen molar-refractivity contribution in [3.05, 3.63) is 12.7 Å². The minimum atomic E-state index is -0.114. The van der Waals surface area contributed by atoms with Crippen molar-refractivity contribution in [2.24, 2.45) is 11.8 Å². The van der Waals surface area contributed by atoms with Gasteiger partial charge in [-0.25, -0.2) is 0 Å². The first kappa shape index (κ1) is 12.1. The first-order valence-corrected chi connectivity index (χ1v) is 6.41. The lowest BCUT2D eigenvalue weighted by atomic mass is 10.2. The normalized spacial score (nSPS) is 27.5. The van der Waals surface area contributed by atoms with Crippen LogP contribution in [0.2, 0.25) is 0 Å². The summed E-state index contributed by atoms with van der Waals surface area (Å²) in [7, 11) is 0. The molecule has 0 aromatic rings. The van der Waals surface area contributed by atoms with Crippen molar-refractivity contribution < 1.29 is 9.59 Å². The maximum atomic E-state index is 11.8. The van der Waals surface area contributed by atoms with Crippen molar-refractivity contribution in [3.8, 4) is 0 Å². The quantitative estimate of drug-likeness (QED) is 0.699. The van der Waals surface area contributed by atoms with E-state index in [2.05, 4.69) is 17.2 Å². The van der Waals surface area contributed by atoms with Gasteiger partial charge in [0.25, 0.3) is 0 Å². The Labute approximate surface area is 102 Å². The summed E-state index contributed by atoms with van der Waals surface area (Å²) in [5.41, 5.74) is 0. The van der Waals surface area contributed by atoms with Gasteiger partial charge in [0.15, 0.2) is 0 Å². The molecule has 2 amide bonds. The summed E-state index contributed by atoms with van der Waals surface area (Å²) in [4.78, 5) is 23.4. The highest BCUT2D eigenvalue weighted by atomic mass is 16.2. The van der Waals surface area contributed by atoms with E-state index in [1.54, 1.807) is 6.08 Å². The van der Waals surface area contributed by atoms with E-state index >= 15 is 0 Å². The minimum absolute atomic E-state index is 0.0172. The molecular formula is C13H20N2O2. The van der Waals surface area contributed by atoms with E-state index in [1.165, 1.54) is 12.8 Å². The lowest BCUT2D eigenvalue weighted by Crippen LogP contribution is -2.35. The van der Waals surface area contributed by atoms with Crippen LogP contribution in [0.3, 0.4) is 0 Å². The van der Waals surface area contributed by atoms with Crippen LogP contribution in [0.4, 0.5) is 0 Å². The van der Waals surface area contributed by atoms with Gasteiger partial charge in [-0.2, -0.15) is 0 Å². The van der Waals surface area contributed by atoms with E-state index in [1.807, 2.05) is 0 Å². The Morgan fingerprint density at radius 3 is 2.47 bits per heavy atom.